The molecule has 1 aromatic heterocycles. The molecule has 2 aromatic rings. The second-order valence-electron chi connectivity index (χ2n) is 6.30. The number of nitrogens with zero attached hydrogens (tertiary/aromatic N) is 1. The van der Waals surface area contributed by atoms with Gasteiger partial charge in [-0.15, -0.1) is 0 Å². The Kier molecular flexibility index (Phi) is 3.22. The molecule has 0 aliphatic carbocycles. The zero-order valence-electron chi connectivity index (χ0n) is 12.3. The van der Waals surface area contributed by atoms with E-state index in [-0.39, 0.29) is 6.04 Å². The molecular weight excluding hydrogens is 278 g/mol. The zero-order valence-corrected chi connectivity index (χ0v) is 12.3. The van der Waals surface area contributed by atoms with E-state index >= 15 is 0 Å². The summed E-state index contributed by atoms with van der Waals surface area (Å²) in [6.07, 6.45) is 3.86. The van der Waals surface area contributed by atoms with E-state index in [1.165, 1.54) is 0 Å². The lowest BCUT2D eigenvalue weighted by Gasteiger charge is -2.44. The first kappa shape index (κ1) is 13.5. The van der Waals surface area contributed by atoms with Crippen LogP contribution in [0.3, 0.4) is 0 Å². The van der Waals surface area contributed by atoms with E-state index in [1.807, 2.05) is 24.3 Å². The van der Waals surface area contributed by atoms with Gasteiger partial charge in [-0.05, 0) is 37.9 Å². The highest BCUT2D eigenvalue weighted by atomic mass is 16.2. The Balaban J connectivity index is 1.52. The van der Waals surface area contributed by atoms with Gasteiger partial charge in [-0.25, -0.2) is 0 Å². The summed E-state index contributed by atoms with van der Waals surface area (Å²) < 4.78 is 0. The number of para-hydroxylation sites is 1. The van der Waals surface area contributed by atoms with Crippen molar-refractivity contribution in [1.29, 1.82) is 0 Å². The van der Waals surface area contributed by atoms with Crippen molar-refractivity contribution in [2.45, 2.75) is 18.9 Å². The number of hydrogen-bond acceptors (Lipinski definition) is 3. The summed E-state index contributed by atoms with van der Waals surface area (Å²) in [4.78, 5) is 30.2. The maximum Gasteiger partial charge on any atom is 0.292 e. The number of piperidine rings is 3. The number of H-pyrrole nitrogens is 1. The Hall–Kier alpha value is -2.14. The standard InChI is InChI=1S/C17H19N3O2/c21-16(13-9-18-14-4-2-1-3-12(13)14)17(22)19-15-10-20-7-5-11(15)6-8-20/h1-4,9,11,15,18H,5-8,10H2,(H,19,22)/t15-/m0/s1. The molecular formula is C17H19N3O2. The van der Waals surface area contributed by atoms with E-state index in [1.54, 1.807) is 6.20 Å². The summed E-state index contributed by atoms with van der Waals surface area (Å²) in [6.45, 7) is 3.11. The van der Waals surface area contributed by atoms with Crippen LogP contribution in [0.25, 0.3) is 10.9 Å². The Morgan fingerprint density at radius 2 is 1.95 bits per heavy atom. The molecule has 114 valence electrons. The van der Waals surface area contributed by atoms with Crippen LogP contribution < -0.4 is 5.32 Å². The topological polar surface area (TPSA) is 65.2 Å². The van der Waals surface area contributed by atoms with E-state index in [0.29, 0.717) is 11.5 Å². The number of fused-ring (bicyclic) bond motifs is 4. The molecule has 3 aliphatic rings. The molecule has 0 unspecified atom stereocenters. The van der Waals surface area contributed by atoms with Crippen molar-refractivity contribution >= 4 is 22.6 Å². The van der Waals surface area contributed by atoms with Crippen LogP contribution in [0.4, 0.5) is 0 Å². The highest BCUT2D eigenvalue weighted by Crippen LogP contribution is 2.27. The third-order valence-electron chi connectivity index (χ3n) is 5.01. The third-order valence-corrected chi connectivity index (χ3v) is 5.01. The molecule has 1 aromatic carbocycles. The number of aromatic amines is 1. The molecule has 22 heavy (non-hydrogen) atoms. The van der Waals surface area contributed by atoms with Crippen LogP contribution in [-0.2, 0) is 4.79 Å². The third kappa shape index (κ3) is 2.22. The number of Topliss-reactive ketones (excluding diaryl/α,β-unsaturated/α-hetero) is 1. The summed E-state index contributed by atoms with van der Waals surface area (Å²) in [5, 5.41) is 3.76. The van der Waals surface area contributed by atoms with Gasteiger partial charge in [0.25, 0.3) is 11.7 Å². The molecule has 4 heterocycles. The van der Waals surface area contributed by atoms with Crippen molar-refractivity contribution in [3.05, 3.63) is 36.0 Å². The number of carbonyl (C=O) groups is 2. The van der Waals surface area contributed by atoms with Crippen LogP contribution in [0, 0.1) is 5.92 Å². The molecule has 5 nitrogen and oxygen atoms in total. The van der Waals surface area contributed by atoms with Crippen LogP contribution in [0.2, 0.25) is 0 Å². The summed E-state index contributed by atoms with van der Waals surface area (Å²) >= 11 is 0. The summed E-state index contributed by atoms with van der Waals surface area (Å²) in [5.41, 5.74) is 1.33. The van der Waals surface area contributed by atoms with Gasteiger partial charge in [-0.1, -0.05) is 18.2 Å². The molecule has 1 atom stereocenters. The number of nitrogens with one attached hydrogen (secondary N) is 2. The fraction of sp³-hybridized carbons (Fsp3) is 0.412. The predicted octanol–water partition coefficient (Wildman–Crippen LogP) is 1.56. The minimum Gasteiger partial charge on any atom is -0.360 e. The Bertz CT molecular complexity index is 728. The maximum absolute atomic E-state index is 12.5. The minimum absolute atomic E-state index is 0.115. The first-order valence-corrected chi connectivity index (χ1v) is 7.86. The fourth-order valence-electron chi connectivity index (χ4n) is 3.74. The largest absolute Gasteiger partial charge is 0.360 e. The van der Waals surface area contributed by atoms with Gasteiger partial charge in [-0.3, -0.25) is 9.59 Å². The van der Waals surface area contributed by atoms with Crippen LogP contribution in [0.1, 0.15) is 23.2 Å². The number of hydrogen-bond donors (Lipinski definition) is 2. The zero-order chi connectivity index (χ0) is 15.1. The van der Waals surface area contributed by atoms with E-state index in [2.05, 4.69) is 15.2 Å². The number of amides is 1. The maximum atomic E-state index is 12.5. The lowest BCUT2D eigenvalue weighted by molar-refractivity contribution is -0.119. The molecule has 0 spiro atoms. The van der Waals surface area contributed by atoms with Crippen molar-refractivity contribution < 1.29 is 9.59 Å². The van der Waals surface area contributed by atoms with E-state index in [4.69, 9.17) is 0 Å². The molecule has 5 rings (SSSR count). The molecule has 2 bridgehead atoms. The fourth-order valence-corrected chi connectivity index (χ4v) is 3.74. The number of carbonyl (C=O) groups excluding carboxylic acids is 2. The summed E-state index contributed by atoms with van der Waals surface area (Å²) in [7, 11) is 0. The second-order valence-corrected chi connectivity index (χ2v) is 6.30. The first-order chi connectivity index (χ1) is 10.7. The predicted molar refractivity (Wildman–Crippen MR) is 83.7 cm³/mol. The normalized spacial score (nSPS) is 27.0. The van der Waals surface area contributed by atoms with E-state index < -0.39 is 11.7 Å². The van der Waals surface area contributed by atoms with Crippen LogP contribution in [-0.4, -0.2) is 47.3 Å². The van der Waals surface area contributed by atoms with Crippen molar-refractivity contribution in [1.82, 2.24) is 15.2 Å². The Morgan fingerprint density at radius 3 is 2.68 bits per heavy atom. The summed E-state index contributed by atoms with van der Waals surface area (Å²) in [5.74, 6) is -0.415. The Labute approximate surface area is 128 Å². The summed E-state index contributed by atoms with van der Waals surface area (Å²) in [6, 6.07) is 7.65. The van der Waals surface area contributed by atoms with Gasteiger partial charge in [0.2, 0.25) is 0 Å². The van der Waals surface area contributed by atoms with Crippen molar-refractivity contribution in [2.24, 2.45) is 5.92 Å². The molecule has 1 amide bonds. The van der Waals surface area contributed by atoms with Crippen molar-refractivity contribution in [2.75, 3.05) is 19.6 Å². The lowest BCUT2D eigenvalue weighted by atomic mass is 9.84. The average Bonchev–Trinajstić information content (AvgIpc) is 2.99. The number of rotatable bonds is 3. The van der Waals surface area contributed by atoms with Crippen molar-refractivity contribution in [3.63, 3.8) is 0 Å². The number of ketones is 1. The molecule has 3 fully saturated rings. The lowest BCUT2D eigenvalue weighted by Crippen LogP contribution is -2.58. The smallest absolute Gasteiger partial charge is 0.292 e. The molecule has 0 radical (unpaired) electrons. The van der Waals surface area contributed by atoms with Crippen LogP contribution >= 0.6 is 0 Å². The highest BCUT2D eigenvalue weighted by Gasteiger charge is 2.36. The second kappa shape index (κ2) is 5.25. The van der Waals surface area contributed by atoms with Gasteiger partial charge in [0.15, 0.2) is 0 Å². The van der Waals surface area contributed by atoms with E-state index in [0.717, 1.165) is 43.4 Å². The SMILES string of the molecule is O=C(N[C@H]1CN2CCC1CC2)C(=O)c1c[nH]c2ccccc12. The van der Waals surface area contributed by atoms with Gasteiger partial charge in [0.05, 0.1) is 5.56 Å². The number of benzene rings is 1. The van der Waals surface area contributed by atoms with Gasteiger partial charge in [0, 0.05) is 29.7 Å². The molecule has 3 aliphatic heterocycles. The van der Waals surface area contributed by atoms with Crippen LogP contribution in [0.15, 0.2) is 30.5 Å². The molecule has 0 saturated carbocycles. The highest BCUT2D eigenvalue weighted by molar-refractivity contribution is 6.45. The quantitative estimate of drug-likeness (QED) is 0.667. The van der Waals surface area contributed by atoms with Crippen molar-refractivity contribution in [3.8, 4) is 0 Å². The van der Waals surface area contributed by atoms with E-state index in [9.17, 15) is 9.59 Å². The molecule has 2 N–H and O–H groups in total. The monoisotopic (exact) mass is 297 g/mol. The minimum atomic E-state index is -0.483. The molecule has 5 heteroatoms. The van der Waals surface area contributed by atoms with Crippen LogP contribution in [0.5, 0.6) is 0 Å². The molecule has 3 saturated heterocycles. The first-order valence-electron chi connectivity index (χ1n) is 7.86. The number of aromatic nitrogens is 1. The van der Waals surface area contributed by atoms with Gasteiger partial charge in [0.1, 0.15) is 0 Å². The van der Waals surface area contributed by atoms with Gasteiger partial charge >= 0.3 is 0 Å². The van der Waals surface area contributed by atoms with Gasteiger partial charge in [-0.2, -0.15) is 0 Å². The average molecular weight is 297 g/mol. The van der Waals surface area contributed by atoms with Gasteiger partial charge < -0.3 is 15.2 Å². The Morgan fingerprint density at radius 1 is 1.18 bits per heavy atom.